The molecule has 0 aliphatic carbocycles. The molecule has 8 heteroatoms. The van der Waals surface area contributed by atoms with Crippen LogP contribution < -0.4 is 15.8 Å². The fourth-order valence-electron chi connectivity index (χ4n) is 1.76. The van der Waals surface area contributed by atoms with Gasteiger partial charge in [-0.25, -0.2) is 13.1 Å². The molecule has 0 fully saturated rings. The van der Waals surface area contributed by atoms with Gasteiger partial charge >= 0.3 is 0 Å². The van der Waals surface area contributed by atoms with Crippen LogP contribution in [-0.2, 0) is 16.6 Å². The van der Waals surface area contributed by atoms with Crippen molar-refractivity contribution < 1.29 is 8.42 Å². The number of anilines is 2. The molecule has 20 heavy (non-hydrogen) atoms. The first-order valence-electron chi connectivity index (χ1n) is 6.00. The highest BCUT2D eigenvalue weighted by molar-refractivity contribution is 7.89. The van der Waals surface area contributed by atoms with Gasteiger partial charge in [-0.1, -0.05) is 0 Å². The van der Waals surface area contributed by atoms with Crippen molar-refractivity contribution in [2.24, 2.45) is 0 Å². The van der Waals surface area contributed by atoms with Crippen LogP contribution in [-0.4, -0.2) is 25.7 Å². The number of nitrogens with two attached hydrogens (primary N) is 1. The predicted molar refractivity (Wildman–Crippen MR) is 77.8 cm³/mol. The molecule has 0 saturated carbocycles. The maximum Gasteiger partial charge on any atom is 0.242 e. The van der Waals surface area contributed by atoms with Crippen LogP contribution in [0.1, 0.15) is 11.3 Å². The maximum absolute atomic E-state index is 12.0. The average Bonchev–Trinajstić information content (AvgIpc) is 2.83. The van der Waals surface area contributed by atoms with Crippen molar-refractivity contribution in [2.75, 3.05) is 18.1 Å². The van der Waals surface area contributed by atoms with Crippen LogP contribution in [0.4, 0.5) is 11.4 Å². The monoisotopic (exact) mass is 295 g/mol. The van der Waals surface area contributed by atoms with Gasteiger partial charge in [-0.3, -0.25) is 5.10 Å². The molecule has 1 aromatic carbocycles. The summed E-state index contributed by atoms with van der Waals surface area (Å²) in [6.07, 6.45) is 1.70. The van der Waals surface area contributed by atoms with Crippen LogP contribution in [0.15, 0.2) is 29.3 Å². The molecule has 1 heterocycles. The number of aromatic nitrogens is 2. The van der Waals surface area contributed by atoms with E-state index in [9.17, 15) is 8.42 Å². The van der Waals surface area contributed by atoms with Crippen molar-refractivity contribution in [1.29, 1.82) is 0 Å². The number of nitrogens with zero attached hydrogens (tertiary/aromatic N) is 1. The molecule has 0 unspecified atom stereocenters. The Kier molecular flexibility index (Phi) is 3.96. The number of benzene rings is 1. The van der Waals surface area contributed by atoms with Crippen molar-refractivity contribution >= 4 is 21.4 Å². The van der Waals surface area contributed by atoms with E-state index in [4.69, 9.17) is 5.73 Å². The first-order valence-corrected chi connectivity index (χ1v) is 7.48. The lowest BCUT2D eigenvalue weighted by Gasteiger charge is -2.12. The number of nitrogen functional groups attached to an aromatic ring is 1. The molecule has 0 spiro atoms. The van der Waals surface area contributed by atoms with Crippen LogP contribution in [0.2, 0.25) is 0 Å². The first kappa shape index (κ1) is 14.4. The molecule has 0 radical (unpaired) electrons. The Morgan fingerprint density at radius 1 is 1.40 bits per heavy atom. The second-order valence-corrected chi connectivity index (χ2v) is 6.19. The topological polar surface area (TPSA) is 113 Å². The number of hydrogen-bond donors (Lipinski definition) is 4. The Hall–Kier alpha value is -2.06. The summed E-state index contributed by atoms with van der Waals surface area (Å²) in [5, 5.41) is 9.84. The van der Waals surface area contributed by atoms with Crippen LogP contribution in [0, 0.1) is 6.92 Å². The van der Waals surface area contributed by atoms with Gasteiger partial charge in [-0.15, -0.1) is 0 Å². The summed E-state index contributed by atoms with van der Waals surface area (Å²) in [5.41, 5.74) is 8.45. The third-order valence-electron chi connectivity index (χ3n) is 2.97. The van der Waals surface area contributed by atoms with Crippen LogP contribution in [0.3, 0.4) is 0 Å². The quantitative estimate of drug-likeness (QED) is 0.610. The number of aromatic amines is 1. The molecule has 0 bridgehead atoms. The maximum atomic E-state index is 12.0. The molecule has 0 aliphatic rings. The van der Waals surface area contributed by atoms with E-state index in [0.29, 0.717) is 17.9 Å². The summed E-state index contributed by atoms with van der Waals surface area (Å²) in [5.74, 6) is 0. The zero-order chi connectivity index (χ0) is 14.8. The highest BCUT2D eigenvalue weighted by Gasteiger charge is 2.17. The normalized spacial score (nSPS) is 11.5. The Labute approximate surface area is 117 Å². The van der Waals surface area contributed by atoms with Crippen molar-refractivity contribution in [2.45, 2.75) is 18.4 Å². The Morgan fingerprint density at radius 3 is 2.75 bits per heavy atom. The van der Waals surface area contributed by atoms with E-state index in [0.717, 1.165) is 11.3 Å². The molecule has 5 N–H and O–H groups in total. The van der Waals surface area contributed by atoms with Crippen molar-refractivity contribution in [1.82, 2.24) is 14.9 Å². The van der Waals surface area contributed by atoms with Crippen LogP contribution in [0.25, 0.3) is 0 Å². The van der Waals surface area contributed by atoms with Crippen LogP contribution >= 0.6 is 0 Å². The van der Waals surface area contributed by atoms with Gasteiger partial charge in [-0.05, 0) is 32.2 Å². The van der Waals surface area contributed by atoms with Crippen molar-refractivity contribution in [3.05, 3.63) is 35.7 Å². The zero-order valence-electron chi connectivity index (χ0n) is 11.3. The molecular weight excluding hydrogens is 278 g/mol. The Balaban J connectivity index is 2.30. The van der Waals surface area contributed by atoms with Gasteiger partial charge in [0.15, 0.2) is 0 Å². The minimum absolute atomic E-state index is 0.126. The number of hydrogen-bond acceptors (Lipinski definition) is 5. The van der Waals surface area contributed by atoms with Crippen molar-refractivity contribution in [3.8, 4) is 0 Å². The minimum Gasteiger partial charge on any atom is -0.399 e. The summed E-state index contributed by atoms with van der Waals surface area (Å²) in [7, 11) is -2.20. The highest BCUT2D eigenvalue weighted by Crippen LogP contribution is 2.24. The number of aryl methyl sites for hydroxylation is 1. The lowest BCUT2D eigenvalue weighted by atomic mass is 10.2. The average molecular weight is 295 g/mol. The smallest absolute Gasteiger partial charge is 0.242 e. The number of nitrogens with one attached hydrogen (secondary N) is 3. The fraction of sp³-hybridized carbons (Fsp3) is 0.250. The van der Waals surface area contributed by atoms with E-state index in [2.05, 4.69) is 20.2 Å². The summed E-state index contributed by atoms with van der Waals surface area (Å²) in [6.45, 7) is 2.37. The van der Waals surface area contributed by atoms with Gasteiger partial charge in [0, 0.05) is 23.5 Å². The van der Waals surface area contributed by atoms with E-state index in [1.165, 1.54) is 13.1 Å². The Morgan fingerprint density at radius 2 is 2.15 bits per heavy atom. The standard InChI is InChI=1S/C12H17N5O2S/c1-8-9(7-16-17-8)6-15-11-4-3-10(13)5-12(11)20(18,19)14-2/h3-5,7,14-15H,6,13H2,1-2H3,(H,16,17). The predicted octanol–water partition coefficient (Wildman–Crippen LogP) is 0.821. The third-order valence-corrected chi connectivity index (χ3v) is 4.42. The summed E-state index contributed by atoms with van der Waals surface area (Å²) in [6, 6.07) is 4.73. The second kappa shape index (κ2) is 5.51. The molecule has 2 rings (SSSR count). The summed E-state index contributed by atoms with van der Waals surface area (Å²) >= 11 is 0. The van der Waals surface area contributed by atoms with Gasteiger partial charge in [0.1, 0.15) is 4.90 Å². The lowest BCUT2D eigenvalue weighted by molar-refractivity contribution is 0.588. The van der Waals surface area contributed by atoms with Gasteiger partial charge in [-0.2, -0.15) is 5.10 Å². The van der Waals surface area contributed by atoms with Gasteiger partial charge in [0.2, 0.25) is 10.0 Å². The lowest BCUT2D eigenvalue weighted by Crippen LogP contribution is -2.20. The number of sulfonamides is 1. The van der Waals surface area contributed by atoms with E-state index in [-0.39, 0.29) is 4.90 Å². The minimum atomic E-state index is -3.57. The van der Waals surface area contributed by atoms with E-state index < -0.39 is 10.0 Å². The third kappa shape index (κ3) is 2.91. The number of rotatable bonds is 5. The van der Waals surface area contributed by atoms with E-state index in [1.54, 1.807) is 18.3 Å². The molecule has 2 aromatic rings. The molecule has 108 valence electrons. The second-order valence-electron chi connectivity index (χ2n) is 4.34. The summed E-state index contributed by atoms with van der Waals surface area (Å²) < 4.78 is 26.2. The summed E-state index contributed by atoms with van der Waals surface area (Å²) in [4.78, 5) is 0.126. The van der Waals surface area contributed by atoms with Gasteiger partial charge in [0.05, 0.1) is 11.9 Å². The molecular formula is C12H17N5O2S. The van der Waals surface area contributed by atoms with Crippen LogP contribution in [0.5, 0.6) is 0 Å². The zero-order valence-corrected chi connectivity index (χ0v) is 12.1. The molecule has 0 amide bonds. The van der Waals surface area contributed by atoms with E-state index >= 15 is 0 Å². The first-order chi connectivity index (χ1) is 9.44. The Bertz CT molecular complexity index is 708. The molecule has 0 aliphatic heterocycles. The molecule has 7 nitrogen and oxygen atoms in total. The fourth-order valence-corrected chi connectivity index (χ4v) is 2.70. The van der Waals surface area contributed by atoms with Gasteiger partial charge in [0.25, 0.3) is 0 Å². The van der Waals surface area contributed by atoms with Gasteiger partial charge < -0.3 is 11.1 Å². The largest absolute Gasteiger partial charge is 0.399 e. The van der Waals surface area contributed by atoms with E-state index in [1.807, 2.05) is 6.92 Å². The molecule has 0 saturated heterocycles. The number of H-pyrrole nitrogens is 1. The SMILES string of the molecule is CNS(=O)(=O)c1cc(N)ccc1NCc1cn[nH]c1C. The van der Waals surface area contributed by atoms with Crippen molar-refractivity contribution in [3.63, 3.8) is 0 Å². The molecule has 1 aromatic heterocycles. The molecule has 0 atom stereocenters. The highest BCUT2D eigenvalue weighted by atomic mass is 32.2.